The molecule has 112 valence electrons. The Kier molecular flexibility index (Phi) is 4.60. The molecular weight excluding hydrogens is 296 g/mol. The molecule has 3 aromatic rings. The summed E-state index contributed by atoms with van der Waals surface area (Å²) in [6.45, 7) is 0.506. The number of nitrogens with zero attached hydrogens (tertiary/aromatic N) is 3. The quantitative estimate of drug-likeness (QED) is 0.760. The fourth-order valence-corrected chi connectivity index (χ4v) is 2.91. The molecule has 0 saturated heterocycles. The third-order valence-corrected chi connectivity index (χ3v) is 4.03. The molecule has 0 unspecified atom stereocenters. The summed E-state index contributed by atoms with van der Waals surface area (Å²) in [7, 11) is 0. The zero-order chi connectivity index (χ0) is 15.2. The van der Waals surface area contributed by atoms with Crippen LogP contribution in [0.15, 0.2) is 59.6 Å². The first kappa shape index (κ1) is 14.5. The van der Waals surface area contributed by atoms with Crippen molar-refractivity contribution < 1.29 is 4.79 Å². The molecule has 0 aliphatic heterocycles. The lowest BCUT2D eigenvalue weighted by atomic mass is 10.1. The molecule has 5 nitrogen and oxygen atoms in total. The van der Waals surface area contributed by atoms with E-state index in [1.165, 1.54) is 0 Å². The second-order valence-corrected chi connectivity index (χ2v) is 5.70. The number of aromatic nitrogens is 3. The zero-order valence-corrected chi connectivity index (χ0v) is 12.7. The van der Waals surface area contributed by atoms with Crippen LogP contribution in [0.5, 0.6) is 0 Å². The Bertz CT molecular complexity index is 695. The molecule has 2 heterocycles. The molecule has 0 saturated carbocycles. The molecule has 6 heteroatoms. The summed E-state index contributed by atoms with van der Waals surface area (Å²) in [6, 6.07) is 11.7. The normalized spacial score (nSPS) is 12.0. The summed E-state index contributed by atoms with van der Waals surface area (Å²) in [5, 5.41) is 15.3. The Morgan fingerprint density at radius 2 is 1.95 bits per heavy atom. The van der Waals surface area contributed by atoms with E-state index < -0.39 is 0 Å². The number of benzene rings is 1. The van der Waals surface area contributed by atoms with E-state index in [-0.39, 0.29) is 11.9 Å². The zero-order valence-electron chi connectivity index (χ0n) is 11.9. The van der Waals surface area contributed by atoms with Gasteiger partial charge in [-0.15, -0.1) is 0 Å². The first-order chi connectivity index (χ1) is 10.8. The molecule has 0 aliphatic rings. The Morgan fingerprint density at radius 3 is 2.64 bits per heavy atom. The van der Waals surface area contributed by atoms with Gasteiger partial charge >= 0.3 is 0 Å². The van der Waals surface area contributed by atoms with E-state index in [1.807, 2.05) is 47.2 Å². The van der Waals surface area contributed by atoms with Crippen LogP contribution in [0.4, 0.5) is 0 Å². The van der Waals surface area contributed by atoms with E-state index in [0.29, 0.717) is 13.0 Å². The highest BCUT2D eigenvalue weighted by Crippen LogP contribution is 2.15. The summed E-state index contributed by atoms with van der Waals surface area (Å²) in [5.41, 5.74) is 2.07. The van der Waals surface area contributed by atoms with E-state index in [0.717, 1.165) is 11.1 Å². The van der Waals surface area contributed by atoms with Crippen LogP contribution in [0, 0.1) is 0 Å². The summed E-state index contributed by atoms with van der Waals surface area (Å²) in [5.74, 6) is -0.000547. The van der Waals surface area contributed by atoms with Gasteiger partial charge in [-0.1, -0.05) is 30.3 Å². The van der Waals surface area contributed by atoms with Gasteiger partial charge in [-0.3, -0.25) is 4.79 Å². The number of thiophene rings is 1. The predicted octanol–water partition coefficient (Wildman–Crippen LogP) is 2.44. The molecule has 0 spiro atoms. The standard InChI is InChI=1S/C16H16N4OS/c21-16(10-13-6-9-22-12-13)19-15(11-20-17-7-8-18-20)14-4-2-1-3-5-14/h1-9,12,15H,10-11H2,(H,19,21)/t15-/m0/s1. The lowest BCUT2D eigenvalue weighted by Crippen LogP contribution is -2.33. The van der Waals surface area contributed by atoms with Crippen molar-refractivity contribution in [2.75, 3.05) is 0 Å². The summed E-state index contributed by atoms with van der Waals surface area (Å²) >= 11 is 1.60. The molecule has 0 radical (unpaired) electrons. The Balaban J connectivity index is 1.72. The molecular formula is C16H16N4OS. The summed E-state index contributed by atoms with van der Waals surface area (Å²) < 4.78 is 0. The fraction of sp³-hybridized carbons (Fsp3) is 0.188. The Hall–Kier alpha value is -2.47. The van der Waals surface area contributed by atoms with Crippen LogP contribution in [-0.4, -0.2) is 20.9 Å². The van der Waals surface area contributed by atoms with Crippen molar-refractivity contribution in [1.29, 1.82) is 0 Å². The second kappa shape index (κ2) is 7.00. The van der Waals surface area contributed by atoms with Gasteiger partial charge in [0.1, 0.15) is 0 Å². The SMILES string of the molecule is O=C(Cc1ccsc1)N[C@@H](Cn1nccn1)c1ccccc1. The smallest absolute Gasteiger partial charge is 0.224 e. The third-order valence-electron chi connectivity index (χ3n) is 3.29. The maximum Gasteiger partial charge on any atom is 0.224 e. The molecule has 22 heavy (non-hydrogen) atoms. The van der Waals surface area contributed by atoms with Crippen LogP contribution in [0.3, 0.4) is 0 Å². The number of rotatable bonds is 6. The van der Waals surface area contributed by atoms with Crippen molar-refractivity contribution in [2.24, 2.45) is 0 Å². The van der Waals surface area contributed by atoms with Crippen LogP contribution < -0.4 is 5.32 Å². The topological polar surface area (TPSA) is 59.8 Å². The number of nitrogens with one attached hydrogen (secondary N) is 1. The van der Waals surface area contributed by atoms with E-state index in [4.69, 9.17) is 0 Å². The number of amides is 1. The van der Waals surface area contributed by atoms with Gasteiger partial charge in [0.25, 0.3) is 0 Å². The molecule has 3 rings (SSSR count). The van der Waals surface area contributed by atoms with Crippen LogP contribution in [-0.2, 0) is 17.8 Å². The summed E-state index contributed by atoms with van der Waals surface area (Å²) in [4.78, 5) is 13.9. The van der Waals surface area contributed by atoms with Crippen LogP contribution in [0.2, 0.25) is 0 Å². The van der Waals surface area contributed by atoms with Gasteiger partial charge in [0.2, 0.25) is 5.91 Å². The maximum absolute atomic E-state index is 12.3. The van der Waals surface area contributed by atoms with Gasteiger partial charge in [0, 0.05) is 0 Å². The number of hydrogen-bond donors (Lipinski definition) is 1. The minimum atomic E-state index is -0.153. The fourth-order valence-electron chi connectivity index (χ4n) is 2.24. The molecule has 0 bridgehead atoms. The number of carbonyl (C=O) groups is 1. The minimum absolute atomic E-state index is 0.000547. The van der Waals surface area contributed by atoms with E-state index in [1.54, 1.807) is 28.5 Å². The highest BCUT2D eigenvalue weighted by Gasteiger charge is 2.16. The molecule has 1 N–H and O–H groups in total. The van der Waals surface area contributed by atoms with Crippen molar-refractivity contribution in [3.8, 4) is 0 Å². The number of hydrogen-bond acceptors (Lipinski definition) is 4. The van der Waals surface area contributed by atoms with E-state index >= 15 is 0 Å². The van der Waals surface area contributed by atoms with Gasteiger partial charge in [-0.2, -0.15) is 26.3 Å². The van der Waals surface area contributed by atoms with Crippen LogP contribution in [0.1, 0.15) is 17.2 Å². The van der Waals surface area contributed by atoms with Gasteiger partial charge in [-0.25, -0.2) is 0 Å². The largest absolute Gasteiger partial charge is 0.347 e. The average molecular weight is 312 g/mol. The van der Waals surface area contributed by atoms with Crippen molar-refractivity contribution in [3.05, 3.63) is 70.7 Å². The molecule has 0 fully saturated rings. The molecule has 1 aromatic carbocycles. The second-order valence-electron chi connectivity index (χ2n) is 4.92. The number of carbonyl (C=O) groups excluding carboxylic acids is 1. The van der Waals surface area contributed by atoms with Crippen molar-refractivity contribution >= 4 is 17.2 Å². The van der Waals surface area contributed by atoms with Gasteiger partial charge < -0.3 is 5.32 Å². The lowest BCUT2D eigenvalue weighted by Gasteiger charge is -2.18. The van der Waals surface area contributed by atoms with E-state index in [2.05, 4.69) is 15.5 Å². The van der Waals surface area contributed by atoms with Gasteiger partial charge in [0.15, 0.2) is 0 Å². The Labute approximate surface area is 132 Å². The first-order valence-electron chi connectivity index (χ1n) is 7.01. The van der Waals surface area contributed by atoms with Crippen LogP contribution in [0.25, 0.3) is 0 Å². The first-order valence-corrected chi connectivity index (χ1v) is 7.95. The van der Waals surface area contributed by atoms with E-state index in [9.17, 15) is 4.79 Å². The predicted molar refractivity (Wildman–Crippen MR) is 85.4 cm³/mol. The summed E-state index contributed by atoms with van der Waals surface area (Å²) in [6.07, 6.45) is 3.66. The third kappa shape index (κ3) is 3.79. The van der Waals surface area contributed by atoms with Crippen molar-refractivity contribution in [3.63, 3.8) is 0 Å². The molecule has 2 aromatic heterocycles. The monoisotopic (exact) mass is 312 g/mol. The highest BCUT2D eigenvalue weighted by atomic mass is 32.1. The van der Waals surface area contributed by atoms with Crippen molar-refractivity contribution in [2.45, 2.75) is 19.0 Å². The van der Waals surface area contributed by atoms with Crippen molar-refractivity contribution in [1.82, 2.24) is 20.3 Å². The maximum atomic E-state index is 12.3. The Morgan fingerprint density at radius 1 is 1.18 bits per heavy atom. The van der Waals surface area contributed by atoms with Gasteiger partial charge in [-0.05, 0) is 28.0 Å². The highest BCUT2D eigenvalue weighted by molar-refractivity contribution is 7.07. The average Bonchev–Trinajstić information content (AvgIpc) is 3.21. The minimum Gasteiger partial charge on any atom is -0.347 e. The lowest BCUT2D eigenvalue weighted by molar-refractivity contribution is -0.121. The molecule has 1 amide bonds. The van der Waals surface area contributed by atoms with Gasteiger partial charge in [0.05, 0.1) is 31.4 Å². The molecule has 0 aliphatic carbocycles. The molecule has 1 atom stereocenters. The van der Waals surface area contributed by atoms with Crippen LogP contribution >= 0.6 is 11.3 Å².